The molecule has 4 nitrogen and oxygen atoms in total. The van der Waals surface area contributed by atoms with Crippen LogP contribution in [0, 0.1) is 5.92 Å². The molecule has 0 aromatic heterocycles. The van der Waals surface area contributed by atoms with Gasteiger partial charge in [-0.1, -0.05) is 45.8 Å². The van der Waals surface area contributed by atoms with Crippen molar-refractivity contribution in [2.75, 3.05) is 13.2 Å². The first-order chi connectivity index (χ1) is 9.47. The van der Waals surface area contributed by atoms with Gasteiger partial charge in [0.15, 0.2) is 0 Å². The maximum absolute atomic E-state index is 12.4. The van der Waals surface area contributed by atoms with E-state index in [0.29, 0.717) is 19.1 Å². The Bertz CT molecular complexity index is 292. The average Bonchev–Trinajstić information content (AvgIpc) is 2.34. The van der Waals surface area contributed by atoms with E-state index in [1.54, 1.807) is 13.8 Å². The van der Waals surface area contributed by atoms with Crippen molar-refractivity contribution < 1.29 is 18.1 Å². The van der Waals surface area contributed by atoms with Crippen LogP contribution in [0.25, 0.3) is 0 Å². The van der Waals surface area contributed by atoms with Crippen molar-refractivity contribution in [3.05, 3.63) is 12.2 Å². The Kier molecular flexibility index (Phi) is 11.4. The molecule has 120 valence electrons. The molecule has 0 saturated carbocycles. The molecule has 0 spiro atoms. The van der Waals surface area contributed by atoms with E-state index in [1.807, 2.05) is 6.08 Å². The third-order valence-electron chi connectivity index (χ3n) is 2.62. The van der Waals surface area contributed by atoms with Gasteiger partial charge in [0.05, 0.1) is 19.3 Å². The first-order valence-electron chi connectivity index (χ1n) is 7.71. The molecule has 1 unspecified atom stereocenters. The van der Waals surface area contributed by atoms with Gasteiger partial charge in [0.1, 0.15) is 0 Å². The summed E-state index contributed by atoms with van der Waals surface area (Å²) in [5, 5.41) is 0. The lowest BCUT2D eigenvalue weighted by molar-refractivity contribution is 0.0930. The molecule has 0 amide bonds. The summed E-state index contributed by atoms with van der Waals surface area (Å²) >= 11 is 0. The normalized spacial score (nSPS) is 14.3. The smallest absolute Gasteiger partial charge is 0.287 e. The van der Waals surface area contributed by atoms with Crippen LogP contribution in [0.1, 0.15) is 60.3 Å². The zero-order chi connectivity index (χ0) is 15.4. The quantitative estimate of drug-likeness (QED) is 0.277. The molecular formula is C15H31O4P. The predicted octanol–water partition coefficient (Wildman–Crippen LogP) is 5.35. The maximum Gasteiger partial charge on any atom is 0.475 e. The first kappa shape index (κ1) is 19.9. The molecule has 0 radical (unpaired) electrons. The van der Waals surface area contributed by atoms with Crippen LogP contribution in [0.2, 0.25) is 0 Å². The number of phosphoric acid groups is 1. The van der Waals surface area contributed by atoms with E-state index in [0.717, 1.165) is 25.7 Å². The van der Waals surface area contributed by atoms with Crippen LogP contribution < -0.4 is 0 Å². The molecule has 0 aromatic carbocycles. The van der Waals surface area contributed by atoms with E-state index in [4.69, 9.17) is 13.6 Å². The molecule has 0 aliphatic rings. The minimum absolute atomic E-state index is 0.226. The Morgan fingerprint density at radius 2 is 1.70 bits per heavy atom. The van der Waals surface area contributed by atoms with E-state index in [1.165, 1.54) is 0 Å². The van der Waals surface area contributed by atoms with E-state index < -0.39 is 7.82 Å². The SMILES string of the molecule is CCCC/C=C\C(CC(C)C)OP(=O)(OCC)OCC. The van der Waals surface area contributed by atoms with Crippen LogP contribution >= 0.6 is 7.82 Å². The summed E-state index contributed by atoms with van der Waals surface area (Å²) in [7, 11) is -3.44. The third-order valence-corrected chi connectivity index (χ3v) is 4.30. The fourth-order valence-electron chi connectivity index (χ4n) is 1.77. The minimum atomic E-state index is -3.44. The Morgan fingerprint density at radius 1 is 1.10 bits per heavy atom. The van der Waals surface area contributed by atoms with Gasteiger partial charge in [0.25, 0.3) is 0 Å². The van der Waals surface area contributed by atoms with Crippen molar-refractivity contribution in [1.82, 2.24) is 0 Å². The molecule has 1 atom stereocenters. The molecule has 0 fully saturated rings. The fraction of sp³-hybridized carbons (Fsp3) is 0.867. The Morgan fingerprint density at radius 3 is 2.15 bits per heavy atom. The zero-order valence-corrected chi connectivity index (χ0v) is 14.5. The molecular weight excluding hydrogens is 275 g/mol. The highest BCUT2D eigenvalue weighted by Gasteiger charge is 2.29. The predicted molar refractivity (Wildman–Crippen MR) is 83.9 cm³/mol. The Hall–Kier alpha value is -0.150. The largest absolute Gasteiger partial charge is 0.475 e. The molecule has 0 N–H and O–H groups in total. The Balaban J connectivity index is 4.66. The van der Waals surface area contributed by atoms with Crippen molar-refractivity contribution >= 4 is 7.82 Å². The van der Waals surface area contributed by atoms with Crippen LogP contribution in [0.4, 0.5) is 0 Å². The van der Waals surface area contributed by atoms with Gasteiger partial charge in [-0.15, -0.1) is 0 Å². The van der Waals surface area contributed by atoms with Gasteiger partial charge < -0.3 is 0 Å². The van der Waals surface area contributed by atoms with Crippen molar-refractivity contribution in [3.8, 4) is 0 Å². The summed E-state index contributed by atoms with van der Waals surface area (Å²) in [6.45, 7) is 10.6. The van der Waals surface area contributed by atoms with Crippen molar-refractivity contribution in [3.63, 3.8) is 0 Å². The summed E-state index contributed by atoms with van der Waals surface area (Å²) in [5.41, 5.74) is 0. The molecule has 0 aliphatic heterocycles. The number of allylic oxidation sites excluding steroid dienone is 1. The molecule has 0 rings (SSSR count). The first-order valence-corrected chi connectivity index (χ1v) is 9.17. The van der Waals surface area contributed by atoms with Crippen molar-refractivity contribution in [2.24, 2.45) is 5.92 Å². The number of hydrogen-bond donors (Lipinski definition) is 0. The second-order valence-electron chi connectivity index (χ2n) is 5.13. The topological polar surface area (TPSA) is 44.8 Å². The van der Waals surface area contributed by atoms with Crippen LogP contribution in [0.5, 0.6) is 0 Å². The van der Waals surface area contributed by atoms with E-state index in [-0.39, 0.29) is 6.10 Å². The number of phosphoric ester groups is 1. The summed E-state index contributed by atoms with van der Waals surface area (Å²) in [5.74, 6) is 0.451. The van der Waals surface area contributed by atoms with Crippen LogP contribution in [-0.2, 0) is 18.1 Å². The third kappa shape index (κ3) is 9.71. The molecule has 0 aromatic rings. The number of hydrogen-bond acceptors (Lipinski definition) is 4. The highest BCUT2D eigenvalue weighted by Crippen LogP contribution is 2.51. The van der Waals surface area contributed by atoms with Gasteiger partial charge in [-0.2, -0.15) is 0 Å². The fourth-order valence-corrected chi connectivity index (χ4v) is 3.09. The van der Waals surface area contributed by atoms with Crippen LogP contribution in [0.15, 0.2) is 12.2 Å². The maximum atomic E-state index is 12.4. The van der Waals surface area contributed by atoms with E-state index >= 15 is 0 Å². The highest BCUT2D eigenvalue weighted by molar-refractivity contribution is 7.48. The van der Waals surface area contributed by atoms with Gasteiger partial charge >= 0.3 is 7.82 Å². The average molecular weight is 306 g/mol. The lowest BCUT2D eigenvalue weighted by Gasteiger charge is -2.22. The summed E-state index contributed by atoms with van der Waals surface area (Å²) < 4.78 is 28.4. The number of unbranched alkanes of at least 4 members (excludes halogenated alkanes) is 2. The molecule has 0 aliphatic carbocycles. The molecule has 0 saturated heterocycles. The standard InChI is InChI=1S/C15H31O4P/c1-6-9-10-11-12-15(13-14(4)5)19-20(16,17-7-2)18-8-3/h11-12,14-15H,6-10,13H2,1-5H3/b12-11-. The lowest BCUT2D eigenvalue weighted by atomic mass is 10.1. The summed E-state index contributed by atoms with van der Waals surface area (Å²) in [4.78, 5) is 0. The molecule has 0 heterocycles. The van der Waals surface area contributed by atoms with Gasteiger partial charge in [-0.3, -0.25) is 13.6 Å². The van der Waals surface area contributed by atoms with Crippen LogP contribution in [-0.4, -0.2) is 19.3 Å². The Labute approximate surface area is 124 Å². The molecule has 5 heteroatoms. The molecule has 0 bridgehead atoms. The van der Waals surface area contributed by atoms with Crippen molar-refractivity contribution in [2.45, 2.75) is 66.4 Å². The zero-order valence-electron chi connectivity index (χ0n) is 13.6. The van der Waals surface area contributed by atoms with Gasteiger partial charge in [0, 0.05) is 0 Å². The van der Waals surface area contributed by atoms with Crippen LogP contribution in [0.3, 0.4) is 0 Å². The van der Waals surface area contributed by atoms with Crippen molar-refractivity contribution in [1.29, 1.82) is 0 Å². The van der Waals surface area contributed by atoms with Gasteiger partial charge in [-0.05, 0) is 32.6 Å². The summed E-state index contributed by atoms with van der Waals surface area (Å²) in [6, 6.07) is 0. The van der Waals surface area contributed by atoms with E-state index in [2.05, 4.69) is 26.8 Å². The second-order valence-corrected chi connectivity index (χ2v) is 6.75. The van der Waals surface area contributed by atoms with Gasteiger partial charge in [0.2, 0.25) is 0 Å². The minimum Gasteiger partial charge on any atom is -0.287 e. The molecule has 20 heavy (non-hydrogen) atoms. The summed E-state index contributed by atoms with van der Waals surface area (Å²) in [6.07, 6.45) is 7.99. The van der Waals surface area contributed by atoms with E-state index in [9.17, 15) is 4.57 Å². The van der Waals surface area contributed by atoms with Gasteiger partial charge in [-0.25, -0.2) is 4.57 Å². The lowest BCUT2D eigenvalue weighted by Crippen LogP contribution is -2.14. The number of rotatable bonds is 12. The highest BCUT2D eigenvalue weighted by atomic mass is 31.2. The second kappa shape index (κ2) is 11.5. The monoisotopic (exact) mass is 306 g/mol.